The number of likely N-dealkylation sites (tertiary alicyclic amines) is 1. The van der Waals surface area contributed by atoms with E-state index in [2.05, 4.69) is 18.7 Å². The highest BCUT2D eigenvalue weighted by Crippen LogP contribution is 2.51. The molecule has 0 radical (unpaired) electrons. The second kappa shape index (κ2) is 5.10. The Balaban J connectivity index is 1.74. The molecule has 6 nitrogen and oxygen atoms in total. The average Bonchev–Trinajstić information content (AvgIpc) is 3.08. The first kappa shape index (κ1) is 14.5. The number of hydrogen-bond donors (Lipinski definition) is 1. The summed E-state index contributed by atoms with van der Waals surface area (Å²) in [6.45, 7) is 8.01. The molecule has 0 aromatic carbocycles. The van der Waals surface area contributed by atoms with E-state index in [4.69, 9.17) is 4.74 Å². The minimum atomic E-state index is -0.935. The first-order chi connectivity index (χ1) is 10.0. The molecule has 116 valence electrons. The highest BCUT2D eigenvalue weighted by Gasteiger charge is 2.66. The summed E-state index contributed by atoms with van der Waals surface area (Å²) in [5.41, 5.74) is -0.700. The zero-order valence-corrected chi connectivity index (χ0v) is 12.5. The molecule has 0 aromatic rings. The zero-order valence-electron chi connectivity index (χ0n) is 12.5. The van der Waals surface area contributed by atoms with E-state index in [1.54, 1.807) is 11.0 Å². The van der Waals surface area contributed by atoms with E-state index in [9.17, 15) is 14.7 Å². The van der Waals surface area contributed by atoms with Gasteiger partial charge in [0.2, 0.25) is 5.91 Å². The van der Waals surface area contributed by atoms with E-state index in [1.807, 2.05) is 6.08 Å². The summed E-state index contributed by atoms with van der Waals surface area (Å²) in [5, 5.41) is 9.38. The summed E-state index contributed by atoms with van der Waals surface area (Å²) >= 11 is 0. The molecule has 6 heteroatoms. The maximum atomic E-state index is 12.6. The Morgan fingerprint density at radius 3 is 2.86 bits per heavy atom. The van der Waals surface area contributed by atoms with E-state index in [1.165, 1.54) is 0 Å². The first-order valence-corrected chi connectivity index (χ1v) is 7.63. The maximum Gasteiger partial charge on any atom is 0.310 e. The Hall–Kier alpha value is -1.40. The monoisotopic (exact) mass is 294 g/mol. The largest absolute Gasteiger partial charge is 0.481 e. The molecule has 4 unspecified atom stereocenters. The summed E-state index contributed by atoms with van der Waals surface area (Å²) in [6.07, 6.45) is 3.26. The van der Waals surface area contributed by atoms with Crippen molar-refractivity contribution in [1.82, 2.24) is 9.80 Å². The molecule has 0 saturated carbocycles. The fraction of sp³-hybridized carbons (Fsp3) is 0.733. The lowest BCUT2D eigenvalue weighted by Crippen LogP contribution is -2.40. The molecule has 21 heavy (non-hydrogen) atoms. The van der Waals surface area contributed by atoms with Crippen molar-refractivity contribution in [2.45, 2.75) is 25.6 Å². The Kier molecular flexibility index (Phi) is 3.53. The highest BCUT2D eigenvalue weighted by molar-refractivity contribution is 5.90. The molecule has 1 N–H and O–H groups in total. The van der Waals surface area contributed by atoms with Crippen LogP contribution >= 0.6 is 0 Å². The average molecular weight is 294 g/mol. The normalized spacial score (nSPS) is 36.8. The van der Waals surface area contributed by atoms with Crippen molar-refractivity contribution in [2.24, 2.45) is 11.8 Å². The van der Waals surface area contributed by atoms with Gasteiger partial charge in [0.1, 0.15) is 11.5 Å². The molecule has 2 saturated heterocycles. The standard InChI is InChI=1S/C15H22N2O4/c1-3-16(4-2)7-8-17-9-15-6-5-10(21-15)11(14(19)20)12(15)13(17)18/h5-6,10-12H,3-4,7-9H2,1-2H3,(H,19,20). The molecule has 3 heterocycles. The molecule has 3 rings (SSSR count). The number of amides is 1. The second-order valence-corrected chi connectivity index (χ2v) is 6.02. The number of likely N-dealkylation sites (N-methyl/N-ethyl adjacent to an activating group) is 1. The third kappa shape index (κ3) is 2.08. The van der Waals surface area contributed by atoms with Crippen LogP contribution in [0, 0.1) is 11.8 Å². The van der Waals surface area contributed by atoms with Crippen molar-refractivity contribution in [2.75, 3.05) is 32.7 Å². The molecule has 4 atom stereocenters. The minimum absolute atomic E-state index is 0.0681. The van der Waals surface area contributed by atoms with E-state index in [-0.39, 0.29) is 5.91 Å². The van der Waals surface area contributed by atoms with Crippen LogP contribution in [-0.4, -0.2) is 71.2 Å². The lowest BCUT2D eigenvalue weighted by atomic mass is 9.77. The van der Waals surface area contributed by atoms with Gasteiger partial charge in [-0.05, 0) is 13.1 Å². The Labute approximate surface area is 124 Å². The fourth-order valence-corrected chi connectivity index (χ4v) is 3.85. The van der Waals surface area contributed by atoms with Gasteiger partial charge in [0, 0.05) is 13.1 Å². The lowest BCUT2D eigenvalue weighted by molar-refractivity contribution is -0.148. The van der Waals surface area contributed by atoms with Crippen molar-refractivity contribution in [3.63, 3.8) is 0 Å². The molecule has 2 bridgehead atoms. The van der Waals surface area contributed by atoms with Gasteiger partial charge in [0.25, 0.3) is 0 Å². The highest BCUT2D eigenvalue weighted by atomic mass is 16.5. The van der Waals surface area contributed by atoms with Gasteiger partial charge in [-0.25, -0.2) is 0 Å². The van der Waals surface area contributed by atoms with Gasteiger partial charge in [-0.15, -0.1) is 0 Å². The van der Waals surface area contributed by atoms with Crippen molar-refractivity contribution in [3.8, 4) is 0 Å². The number of fused-ring (bicyclic) bond motifs is 1. The first-order valence-electron chi connectivity index (χ1n) is 7.63. The van der Waals surface area contributed by atoms with Crippen molar-refractivity contribution in [1.29, 1.82) is 0 Å². The number of carboxylic acid groups (broad SMARTS) is 1. The number of carboxylic acids is 1. The van der Waals surface area contributed by atoms with E-state index in [0.29, 0.717) is 13.1 Å². The van der Waals surface area contributed by atoms with Crippen LogP contribution in [0.4, 0.5) is 0 Å². The van der Waals surface area contributed by atoms with Gasteiger partial charge in [-0.3, -0.25) is 9.59 Å². The van der Waals surface area contributed by atoms with Gasteiger partial charge < -0.3 is 19.6 Å². The Morgan fingerprint density at radius 1 is 1.52 bits per heavy atom. The third-order valence-electron chi connectivity index (χ3n) is 5.04. The molecule has 0 aromatic heterocycles. The van der Waals surface area contributed by atoms with Gasteiger partial charge in [-0.1, -0.05) is 26.0 Å². The summed E-state index contributed by atoms with van der Waals surface area (Å²) in [7, 11) is 0. The molecular formula is C15H22N2O4. The van der Waals surface area contributed by atoms with Crippen molar-refractivity contribution >= 4 is 11.9 Å². The zero-order chi connectivity index (χ0) is 15.2. The maximum absolute atomic E-state index is 12.6. The summed E-state index contributed by atoms with van der Waals surface area (Å²) < 4.78 is 5.85. The minimum Gasteiger partial charge on any atom is -0.481 e. The van der Waals surface area contributed by atoms with Crippen LogP contribution in [0.1, 0.15) is 13.8 Å². The van der Waals surface area contributed by atoms with Crippen LogP contribution in [0.3, 0.4) is 0 Å². The Bertz CT molecular complexity index is 488. The van der Waals surface area contributed by atoms with Gasteiger partial charge in [0.15, 0.2) is 0 Å². The summed E-state index contributed by atoms with van der Waals surface area (Å²) in [5.74, 6) is -2.29. The number of aliphatic carboxylic acids is 1. The Morgan fingerprint density at radius 2 is 2.24 bits per heavy atom. The number of ether oxygens (including phenoxy) is 1. The fourth-order valence-electron chi connectivity index (χ4n) is 3.85. The quantitative estimate of drug-likeness (QED) is 0.708. The third-order valence-corrected chi connectivity index (χ3v) is 5.04. The van der Waals surface area contributed by atoms with Crippen molar-refractivity contribution < 1.29 is 19.4 Å². The van der Waals surface area contributed by atoms with Crippen LogP contribution in [0.25, 0.3) is 0 Å². The van der Waals surface area contributed by atoms with Crippen LogP contribution < -0.4 is 0 Å². The number of carbonyl (C=O) groups excluding carboxylic acids is 1. The molecule has 1 amide bonds. The van der Waals surface area contributed by atoms with Crippen LogP contribution in [0.5, 0.6) is 0 Å². The number of nitrogens with zero attached hydrogens (tertiary/aromatic N) is 2. The summed E-state index contributed by atoms with van der Waals surface area (Å²) in [6, 6.07) is 0. The predicted molar refractivity (Wildman–Crippen MR) is 75.7 cm³/mol. The van der Waals surface area contributed by atoms with Crippen molar-refractivity contribution in [3.05, 3.63) is 12.2 Å². The van der Waals surface area contributed by atoms with E-state index >= 15 is 0 Å². The molecule has 3 aliphatic rings. The number of hydrogen-bond acceptors (Lipinski definition) is 4. The van der Waals surface area contributed by atoms with Crippen LogP contribution in [0.2, 0.25) is 0 Å². The smallest absolute Gasteiger partial charge is 0.310 e. The van der Waals surface area contributed by atoms with Gasteiger partial charge >= 0.3 is 5.97 Å². The predicted octanol–water partition coefficient (Wildman–Crippen LogP) is 0.195. The number of rotatable bonds is 6. The molecule has 1 spiro atoms. The number of carbonyl (C=O) groups is 2. The summed E-state index contributed by atoms with van der Waals surface area (Å²) in [4.78, 5) is 28.1. The lowest BCUT2D eigenvalue weighted by Gasteiger charge is -2.24. The molecule has 3 aliphatic heterocycles. The molecular weight excluding hydrogens is 272 g/mol. The molecule has 2 fully saturated rings. The van der Waals surface area contributed by atoms with Crippen LogP contribution in [0.15, 0.2) is 12.2 Å². The van der Waals surface area contributed by atoms with Crippen LogP contribution in [-0.2, 0) is 14.3 Å². The van der Waals surface area contributed by atoms with Gasteiger partial charge in [0.05, 0.1) is 18.6 Å². The topological polar surface area (TPSA) is 70.1 Å². The molecule has 0 aliphatic carbocycles. The second-order valence-electron chi connectivity index (χ2n) is 6.02. The SMILES string of the molecule is CCN(CC)CCN1CC23C=CC(O2)C(C(=O)O)C3C1=O. The van der Waals surface area contributed by atoms with E-state index in [0.717, 1.165) is 19.6 Å². The van der Waals surface area contributed by atoms with E-state index < -0.39 is 29.5 Å². The van der Waals surface area contributed by atoms with Gasteiger partial charge in [-0.2, -0.15) is 0 Å².